The molecule has 1 heterocycles. The number of rotatable bonds is 5. The Morgan fingerprint density at radius 3 is 2.50 bits per heavy atom. The van der Waals surface area contributed by atoms with E-state index in [-0.39, 0.29) is 0 Å². The van der Waals surface area contributed by atoms with E-state index in [1.54, 1.807) is 0 Å². The third-order valence-electron chi connectivity index (χ3n) is 4.93. The van der Waals surface area contributed by atoms with Gasteiger partial charge in [0.1, 0.15) is 5.75 Å². The Morgan fingerprint density at radius 1 is 1.05 bits per heavy atom. The maximum absolute atomic E-state index is 5.82. The van der Waals surface area contributed by atoms with Crippen molar-refractivity contribution in [1.82, 2.24) is 4.90 Å². The van der Waals surface area contributed by atoms with Gasteiger partial charge in [0, 0.05) is 16.6 Å². The Balaban J connectivity index is 1.42. The zero-order chi connectivity index (χ0) is 13.8. The second kappa shape index (κ2) is 6.48. The molecule has 1 aliphatic carbocycles. The van der Waals surface area contributed by atoms with E-state index in [1.165, 1.54) is 51.6 Å². The Morgan fingerprint density at radius 2 is 1.75 bits per heavy atom. The van der Waals surface area contributed by atoms with Gasteiger partial charge in [-0.05, 0) is 62.9 Å². The molecule has 1 aliphatic heterocycles. The maximum atomic E-state index is 5.82. The molecule has 20 heavy (non-hydrogen) atoms. The van der Waals surface area contributed by atoms with Crippen LogP contribution in [0.2, 0.25) is 0 Å². The predicted molar refractivity (Wildman–Crippen MR) is 86.3 cm³/mol. The summed E-state index contributed by atoms with van der Waals surface area (Å²) < 4.78 is 6.93. The van der Waals surface area contributed by atoms with Crippen molar-refractivity contribution in [2.24, 2.45) is 0 Å². The van der Waals surface area contributed by atoms with Crippen molar-refractivity contribution >= 4 is 15.9 Å². The summed E-state index contributed by atoms with van der Waals surface area (Å²) in [6.07, 6.45) is 9.70. The molecule has 1 saturated carbocycles. The largest absolute Gasteiger partial charge is 0.494 e. The van der Waals surface area contributed by atoms with Gasteiger partial charge in [0.05, 0.1) is 6.61 Å². The molecule has 2 nitrogen and oxygen atoms in total. The van der Waals surface area contributed by atoms with E-state index in [9.17, 15) is 0 Å². The molecule has 2 aliphatic rings. The van der Waals surface area contributed by atoms with Crippen LogP contribution < -0.4 is 4.74 Å². The van der Waals surface area contributed by atoms with Gasteiger partial charge in [0.2, 0.25) is 0 Å². The van der Waals surface area contributed by atoms with Crippen molar-refractivity contribution in [2.45, 2.75) is 50.5 Å². The van der Waals surface area contributed by atoms with Crippen molar-refractivity contribution in [1.29, 1.82) is 0 Å². The SMILES string of the molecule is Brc1ccc(OCCCN2CCCC23CCCC3)cc1. The summed E-state index contributed by atoms with van der Waals surface area (Å²) in [6, 6.07) is 8.11. The normalized spacial score (nSPS) is 21.6. The molecule has 0 unspecified atom stereocenters. The molecule has 0 radical (unpaired) electrons. The van der Waals surface area contributed by atoms with E-state index in [2.05, 4.69) is 20.8 Å². The minimum atomic E-state index is 0.581. The van der Waals surface area contributed by atoms with Crippen LogP contribution >= 0.6 is 15.9 Å². The molecule has 110 valence electrons. The van der Waals surface area contributed by atoms with Gasteiger partial charge in [-0.25, -0.2) is 0 Å². The molecular weight excluding hydrogens is 314 g/mol. The maximum Gasteiger partial charge on any atom is 0.119 e. The Bertz CT molecular complexity index is 420. The highest BCUT2D eigenvalue weighted by Crippen LogP contribution is 2.42. The lowest BCUT2D eigenvalue weighted by Gasteiger charge is -2.35. The summed E-state index contributed by atoms with van der Waals surface area (Å²) in [7, 11) is 0. The molecule has 0 aromatic heterocycles. The van der Waals surface area contributed by atoms with Gasteiger partial charge in [-0.3, -0.25) is 4.90 Å². The molecule has 0 bridgehead atoms. The third kappa shape index (κ3) is 3.20. The van der Waals surface area contributed by atoms with Crippen molar-refractivity contribution in [3.8, 4) is 5.75 Å². The molecule has 1 saturated heterocycles. The fourth-order valence-electron chi connectivity index (χ4n) is 3.92. The first-order valence-electron chi connectivity index (χ1n) is 7.92. The lowest BCUT2D eigenvalue weighted by molar-refractivity contribution is 0.133. The fourth-order valence-corrected chi connectivity index (χ4v) is 4.18. The van der Waals surface area contributed by atoms with Gasteiger partial charge >= 0.3 is 0 Å². The molecule has 3 heteroatoms. The van der Waals surface area contributed by atoms with E-state index >= 15 is 0 Å². The molecule has 0 amide bonds. The van der Waals surface area contributed by atoms with Crippen LogP contribution in [0, 0.1) is 0 Å². The number of ether oxygens (including phenoxy) is 1. The second-order valence-electron chi connectivity index (χ2n) is 6.18. The predicted octanol–water partition coefficient (Wildman–Crippen LogP) is 4.63. The molecule has 1 aromatic carbocycles. The average Bonchev–Trinajstić information content (AvgIpc) is 3.08. The monoisotopic (exact) mass is 337 g/mol. The summed E-state index contributed by atoms with van der Waals surface area (Å²) >= 11 is 3.44. The highest BCUT2D eigenvalue weighted by Gasteiger charge is 2.42. The molecule has 1 spiro atoms. The molecule has 0 N–H and O–H groups in total. The van der Waals surface area contributed by atoms with E-state index in [0.29, 0.717) is 5.54 Å². The number of likely N-dealkylation sites (tertiary alicyclic amines) is 1. The highest BCUT2D eigenvalue weighted by atomic mass is 79.9. The van der Waals surface area contributed by atoms with Crippen LogP contribution in [-0.4, -0.2) is 30.1 Å². The summed E-state index contributed by atoms with van der Waals surface area (Å²) in [6.45, 7) is 3.34. The zero-order valence-corrected chi connectivity index (χ0v) is 13.7. The third-order valence-corrected chi connectivity index (χ3v) is 5.46. The van der Waals surface area contributed by atoms with Crippen molar-refractivity contribution in [3.63, 3.8) is 0 Å². The number of halogens is 1. The topological polar surface area (TPSA) is 12.5 Å². The minimum absolute atomic E-state index is 0.581. The Labute approximate surface area is 130 Å². The quantitative estimate of drug-likeness (QED) is 0.726. The minimum Gasteiger partial charge on any atom is -0.494 e. The molecular formula is C17H24BrNO. The van der Waals surface area contributed by atoms with Crippen LogP contribution in [0.5, 0.6) is 5.75 Å². The molecule has 1 aromatic rings. The van der Waals surface area contributed by atoms with E-state index in [0.717, 1.165) is 23.2 Å². The Kier molecular flexibility index (Phi) is 4.67. The van der Waals surface area contributed by atoms with Crippen LogP contribution in [-0.2, 0) is 0 Å². The van der Waals surface area contributed by atoms with Crippen LogP contribution in [0.1, 0.15) is 44.9 Å². The summed E-state index contributed by atoms with van der Waals surface area (Å²) in [5.41, 5.74) is 0.581. The molecule has 2 fully saturated rings. The van der Waals surface area contributed by atoms with Crippen LogP contribution in [0.3, 0.4) is 0 Å². The number of hydrogen-bond donors (Lipinski definition) is 0. The standard InChI is InChI=1S/C17H24BrNO/c18-15-5-7-16(8-6-15)20-14-4-13-19-12-3-11-17(19)9-1-2-10-17/h5-8H,1-4,9-14H2. The smallest absolute Gasteiger partial charge is 0.119 e. The van der Waals surface area contributed by atoms with E-state index in [1.807, 2.05) is 24.3 Å². The van der Waals surface area contributed by atoms with Gasteiger partial charge in [0.15, 0.2) is 0 Å². The van der Waals surface area contributed by atoms with Crippen LogP contribution in [0.4, 0.5) is 0 Å². The first kappa shape index (κ1) is 14.4. The van der Waals surface area contributed by atoms with E-state index < -0.39 is 0 Å². The lowest BCUT2D eigenvalue weighted by atomic mass is 9.94. The molecule has 0 atom stereocenters. The highest BCUT2D eigenvalue weighted by molar-refractivity contribution is 9.10. The number of benzene rings is 1. The van der Waals surface area contributed by atoms with Gasteiger partial charge < -0.3 is 4.74 Å². The van der Waals surface area contributed by atoms with Gasteiger partial charge in [-0.15, -0.1) is 0 Å². The fraction of sp³-hybridized carbons (Fsp3) is 0.647. The number of nitrogens with zero attached hydrogens (tertiary/aromatic N) is 1. The van der Waals surface area contributed by atoms with Crippen molar-refractivity contribution in [3.05, 3.63) is 28.7 Å². The van der Waals surface area contributed by atoms with Crippen LogP contribution in [0.15, 0.2) is 28.7 Å². The van der Waals surface area contributed by atoms with Gasteiger partial charge in [-0.2, -0.15) is 0 Å². The molecule has 3 rings (SSSR count). The first-order chi connectivity index (χ1) is 9.78. The average molecular weight is 338 g/mol. The van der Waals surface area contributed by atoms with Crippen LogP contribution in [0.25, 0.3) is 0 Å². The Hall–Kier alpha value is -0.540. The van der Waals surface area contributed by atoms with Gasteiger partial charge in [-0.1, -0.05) is 28.8 Å². The summed E-state index contributed by atoms with van der Waals surface area (Å²) in [5, 5.41) is 0. The summed E-state index contributed by atoms with van der Waals surface area (Å²) in [5.74, 6) is 0.977. The summed E-state index contributed by atoms with van der Waals surface area (Å²) in [4.78, 5) is 2.75. The van der Waals surface area contributed by atoms with Crippen molar-refractivity contribution < 1.29 is 4.74 Å². The van der Waals surface area contributed by atoms with Crippen molar-refractivity contribution in [2.75, 3.05) is 19.7 Å². The number of hydrogen-bond acceptors (Lipinski definition) is 2. The van der Waals surface area contributed by atoms with Gasteiger partial charge in [0.25, 0.3) is 0 Å². The lowest BCUT2D eigenvalue weighted by Crippen LogP contribution is -2.42. The van der Waals surface area contributed by atoms with E-state index in [4.69, 9.17) is 4.74 Å². The second-order valence-corrected chi connectivity index (χ2v) is 7.09. The zero-order valence-electron chi connectivity index (χ0n) is 12.1. The first-order valence-corrected chi connectivity index (χ1v) is 8.71.